The van der Waals surface area contributed by atoms with Crippen LogP contribution in [0, 0.1) is 11.3 Å². The zero-order chi connectivity index (χ0) is 19.9. The Morgan fingerprint density at radius 3 is 2.82 bits per heavy atom. The lowest BCUT2D eigenvalue weighted by molar-refractivity contribution is 0.112. The van der Waals surface area contributed by atoms with Crippen LogP contribution < -0.4 is 0 Å². The van der Waals surface area contributed by atoms with Gasteiger partial charge in [-0.1, -0.05) is 24.8 Å². The third-order valence-electron chi connectivity index (χ3n) is 4.93. The third-order valence-corrected chi connectivity index (χ3v) is 5.96. The van der Waals surface area contributed by atoms with Crippen LogP contribution in [-0.4, -0.2) is 42.6 Å². The molecule has 5 nitrogen and oxygen atoms in total. The molecule has 1 fully saturated rings. The van der Waals surface area contributed by atoms with E-state index in [0.29, 0.717) is 23.4 Å². The van der Waals surface area contributed by atoms with Gasteiger partial charge in [0.05, 0.1) is 34.1 Å². The molecule has 6 heteroatoms. The van der Waals surface area contributed by atoms with Crippen LogP contribution in [0.4, 0.5) is 5.69 Å². The molecule has 1 aliphatic rings. The average Bonchev–Trinajstić information content (AvgIpc) is 3.15. The van der Waals surface area contributed by atoms with Gasteiger partial charge in [0.2, 0.25) is 0 Å². The van der Waals surface area contributed by atoms with Gasteiger partial charge in [0.15, 0.2) is 6.29 Å². The number of carbonyl (C=O) groups is 1. The highest BCUT2D eigenvalue weighted by molar-refractivity contribution is 7.12. The fourth-order valence-electron chi connectivity index (χ4n) is 3.25. The molecule has 1 saturated heterocycles. The van der Waals surface area contributed by atoms with Crippen LogP contribution in [0.5, 0.6) is 0 Å². The summed E-state index contributed by atoms with van der Waals surface area (Å²) < 4.78 is 0. The quantitative estimate of drug-likeness (QED) is 0.390. The largest absolute Gasteiger partial charge is 0.369 e. The van der Waals surface area contributed by atoms with Gasteiger partial charge in [-0.25, -0.2) is 4.99 Å². The molecule has 144 valence electrons. The predicted octanol–water partition coefficient (Wildman–Crippen LogP) is 4.68. The molecule has 0 unspecified atom stereocenters. The molecule has 0 radical (unpaired) electrons. The molecule has 0 amide bonds. The Bertz CT molecular complexity index is 919. The number of aldehydes is 1. The Kier molecular flexibility index (Phi) is 6.62. The smallest absolute Gasteiger partial charge is 0.153 e. The minimum atomic E-state index is 0.562. The first-order valence-corrected chi connectivity index (χ1v) is 10.3. The van der Waals surface area contributed by atoms with Gasteiger partial charge >= 0.3 is 0 Å². The lowest BCUT2D eigenvalue weighted by Crippen LogP contribution is -2.28. The first-order valence-electron chi connectivity index (χ1n) is 9.37. The van der Waals surface area contributed by atoms with Gasteiger partial charge in [-0.2, -0.15) is 5.26 Å². The van der Waals surface area contributed by atoms with Gasteiger partial charge in [-0.3, -0.25) is 4.79 Å². The van der Waals surface area contributed by atoms with Crippen molar-refractivity contribution in [3.8, 4) is 6.07 Å². The fraction of sp³-hybridized carbons (Fsp3) is 0.318. The molecule has 2 heterocycles. The second kappa shape index (κ2) is 9.34. The van der Waals surface area contributed by atoms with E-state index in [9.17, 15) is 10.1 Å². The molecule has 1 aromatic carbocycles. The second-order valence-electron chi connectivity index (χ2n) is 6.90. The van der Waals surface area contributed by atoms with E-state index in [1.165, 1.54) is 30.6 Å². The van der Waals surface area contributed by atoms with Crippen molar-refractivity contribution in [3.05, 3.63) is 57.8 Å². The summed E-state index contributed by atoms with van der Waals surface area (Å²) >= 11 is 1.47. The molecule has 2 aromatic rings. The van der Waals surface area contributed by atoms with Crippen molar-refractivity contribution in [1.82, 2.24) is 9.80 Å². The summed E-state index contributed by atoms with van der Waals surface area (Å²) in [7, 11) is 1.94. The number of likely N-dealkylation sites (tertiary alicyclic amines) is 1. The monoisotopic (exact) mass is 392 g/mol. The Hall–Kier alpha value is -2.91. The van der Waals surface area contributed by atoms with E-state index in [0.717, 1.165) is 35.5 Å². The molecular formula is C22H24N4OS. The number of thiophene rings is 1. The van der Waals surface area contributed by atoms with Crippen molar-refractivity contribution in [1.29, 1.82) is 5.26 Å². The molecule has 1 aromatic heterocycles. The van der Waals surface area contributed by atoms with Crippen molar-refractivity contribution >= 4 is 35.3 Å². The first kappa shape index (κ1) is 19.8. The van der Waals surface area contributed by atoms with Crippen LogP contribution in [0.2, 0.25) is 0 Å². The van der Waals surface area contributed by atoms with E-state index in [-0.39, 0.29) is 0 Å². The Morgan fingerprint density at radius 1 is 1.36 bits per heavy atom. The van der Waals surface area contributed by atoms with Crippen molar-refractivity contribution in [2.24, 2.45) is 4.99 Å². The van der Waals surface area contributed by atoms with Crippen molar-refractivity contribution in [3.63, 3.8) is 0 Å². The molecule has 0 bridgehead atoms. The second-order valence-corrected chi connectivity index (χ2v) is 7.78. The average molecular weight is 393 g/mol. The van der Waals surface area contributed by atoms with Crippen LogP contribution in [0.1, 0.15) is 45.6 Å². The van der Waals surface area contributed by atoms with E-state index in [1.807, 2.05) is 47.9 Å². The molecule has 0 spiro atoms. The third kappa shape index (κ3) is 4.49. The summed E-state index contributed by atoms with van der Waals surface area (Å²) in [6.45, 7) is 6.80. The lowest BCUT2D eigenvalue weighted by atomic mass is 10.1. The van der Waals surface area contributed by atoms with Gasteiger partial charge in [-0.05, 0) is 30.9 Å². The van der Waals surface area contributed by atoms with E-state index in [1.54, 1.807) is 0 Å². The normalized spacial score (nSPS) is 14.1. The molecular weight excluding hydrogens is 368 g/mol. The molecule has 28 heavy (non-hydrogen) atoms. The number of hydrogen-bond donors (Lipinski definition) is 0. The highest BCUT2D eigenvalue weighted by Crippen LogP contribution is 2.36. The van der Waals surface area contributed by atoms with Crippen LogP contribution in [0.3, 0.4) is 0 Å². The summed E-state index contributed by atoms with van der Waals surface area (Å²) in [6, 6.07) is 9.78. The van der Waals surface area contributed by atoms with Gasteiger partial charge in [0.1, 0.15) is 0 Å². The number of nitriles is 1. The number of aliphatic imine (C=N–C) groups is 1. The topological polar surface area (TPSA) is 59.7 Å². The van der Waals surface area contributed by atoms with Crippen LogP contribution in [-0.2, 0) is 6.54 Å². The van der Waals surface area contributed by atoms with E-state index < -0.39 is 0 Å². The lowest BCUT2D eigenvalue weighted by Gasteiger charge is -2.24. The summed E-state index contributed by atoms with van der Waals surface area (Å²) in [6.07, 6.45) is 6.32. The number of piperidine rings is 1. The summed E-state index contributed by atoms with van der Waals surface area (Å²) in [5, 5.41) is 11.1. The van der Waals surface area contributed by atoms with Gasteiger partial charge < -0.3 is 9.80 Å². The minimum absolute atomic E-state index is 0.562. The zero-order valence-corrected chi connectivity index (χ0v) is 16.9. The minimum Gasteiger partial charge on any atom is -0.369 e. The molecule has 0 atom stereocenters. The van der Waals surface area contributed by atoms with Gasteiger partial charge in [-0.15, -0.1) is 11.3 Å². The number of rotatable bonds is 7. The molecule has 0 N–H and O–H groups in total. The SMILES string of the molecule is C=C(c1scc(C=O)c1N=CN1CCCCC1)N(C)Cc1ccccc1C#N. The highest BCUT2D eigenvalue weighted by Gasteiger charge is 2.17. The maximum absolute atomic E-state index is 11.5. The summed E-state index contributed by atoms with van der Waals surface area (Å²) in [5.41, 5.74) is 3.65. The number of hydrogen-bond acceptors (Lipinski definition) is 5. The molecule has 0 saturated carbocycles. The fourth-order valence-corrected chi connectivity index (χ4v) is 4.24. The van der Waals surface area contributed by atoms with E-state index in [2.05, 4.69) is 22.5 Å². The van der Waals surface area contributed by atoms with Crippen molar-refractivity contribution in [2.75, 3.05) is 20.1 Å². The summed E-state index contributed by atoms with van der Waals surface area (Å²) in [5.74, 6) is 0. The van der Waals surface area contributed by atoms with Crippen LogP contribution in [0.15, 0.2) is 41.2 Å². The molecule has 1 aliphatic heterocycles. The van der Waals surface area contributed by atoms with Crippen molar-refractivity contribution in [2.45, 2.75) is 25.8 Å². The highest BCUT2D eigenvalue weighted by atomic mass is 32.1. The maximum atomic E-state index is 11.5. The number of benzene rings is 1. The maximum Gasteiger partial charge on any atom is 0.153 e. The molecule has 3 rings (SSSR count). The van der Waals surface area contributed by atoms with Gasteiger partial charge in [0, 0.05) is 37.8 Å². The molecule has 0 aliphatic carbocycles. The Balaban J connectivity index is 1.81. The van der Waals surface area contributed by atoms with E-state index in [4.69, 9.17) is 0 Å². The zero-order valence-electron chi connectivity index (χ0n) is 16.1. The van der Waals surface area contributed by atoms with Crippen molar-refractivity contribution < 1.29 is 4.79 Å². The van der Waals surface area contributed by atoms with Gasteiger partial charge in [0.25, 0.3) is 0 Å². The van der Waals surface area contributed by atoms with Crippen LogP contribution >= 0.6 is 11.3 Å². The van der Waals surface area contributed by atoms with E-state index >= 15 is 0 Å². The Morgan fingerprint density at radius 2 is 2.11 bits per heavy atom. The summed E-state index contributed by atoms with van der Waals surface area (Å²) in [4.78, 5) is 21.2. The predicted molar refractivity (Wildman–Crippen MR) is 115 cm³/mol. The number of nitrogens with zero attached hydrogens (tertiary/aromatic N) is 4. The first-order chi connectivity index (χ1) is 13.6. The Labute approximate surface area is 170 Å². The number of carbonyl (C=O) groups excluding carboxylic acids is 1. The standard InChI is InChI=1S/C22H24N4OS/c1-17(25(2)13-19-9-5-4-8-18(19)12-23)22-21(20(14-27)15-28-22)24-16-26-10-6-3-7-11-26/h4-5,8-9,14-16H,1,3,6-7,10-11,13H2,2H3. The van der Waals surface area contributed by atoms with Crippen LogP contribution in [0.25, 0.3) is 5.70 Å².